The van der Waals surface area contributed by atoms with Crippen LogP contribution in [0.3, 0.4) is 0 Å². The van der Waals surface area contributed by atoms with E-state index in [1.807, 2.05) is 44.2 Å². The van der Waals surface area contributed by atoms with Crippen LogP contribution in [0, 0.1) is 0 Å². The van der Waals surface area contributed by atoms with Crippen LogP contribution in [-0.4, -0.2) is 41.8 Å². The maximum absolute atomic E-state index is 12.6. The van der Waals surface area contributed by atoms with Gasteiger partial charge in [-0.1, -0.05) is 18.2 Å². The molecular weight excluding hydrogens is 290 g/mol. The minimum Gasteiger partial charge on any atom is -0.339 e. The van der Waals surface area contributed by atoms with Gasteiger partial charge in [-0.2, -0.15) is 0 Å². The smallest absolute Gasteiger partial charge is 0.259 e. The standard InChI is InChI=1S/C18H21N3O2/c1-4-21(5-2)18(23)15-11-14(12-19-13-15)17(22)20(3)16-9-7-6-8-10-16/h6-13H,4-5H2,1-3H3. The van der Waals surface area contributed by atoms with Crippen molar-refractivity contribution < 1.29 is 9.59 Å². The van der Waals surface area contributed by atoms with Gasteiger partial charge in [-0.05, 0) is 32.0 Å². The number of aromatic nitrogens is 1. The largest absolute Gasteiger partial charge is 0.339 e. The molecule has 2 rings (SSSR count). The van der Waals surface area contributed by atoms with E-state index in [9.17, 15) is 9.59 Å². The molecule has 0 saturated carbocycles. The van der Waals surface area contributed by atoms with E-state index in [1.165, 1.54) is 12.4 Å². The number of pyridine rings is 1. The van der Waals surface area contributed by atoms with Crippen molar-refractivity contribution in [1.29, 1.82) is 0 Å². The first-order valence-electron chi connectivity index (χ1n) is 7.65. The molecule has 0 bridgehead atoms. The second kappa shape index (κ2) is 7.54. The van der Waals surface area contributed by atoms with Gasteiger partial charge in [0.05, 0.1) is 11.1 Å². The van der Waals surface area contributed by atoms with E-state index < -0.39 is 0 Å². The molecule has 23 heavy (non-hydrogen) atoms. The van der Waals surface area contributed by atoms with Gasteiger partial charge in [-0.15, -0.1) is 0 Å². The fraction of sp³-hybridized carbons (Fsp3) is 0.278. The van der Waals surface area contributed by atoms with Crippen LogP contribution in [0.5, 0.6) is 0 Å². The van der Waals surface area contributed by atoms with Gasteiger partial charge in [-0.25, -0.2) is 0 Å². The Balaban J connectivity index is 2.25. The summed E-state index contributed by atoms with van der Waals surface area (Å²) in [5.41, 5.74) is 1.62. The second-order valence-corrected chi connectivity index (χ2v) is 5.14. The third kappa shape index (κ3) is 3.74. The third-order valence-electron chi connectivity index (χ3n) is 3.73. The summed E-state index contributed by atoms with van der Waals surface area (Å²) in [6, 6.07) is 11.0. The molecule has 120 valence electrons. The molecule has 1 aromatic carbocycles. The van der Waals surface area contributed by atoms with E-state index in [-0.39, 0.29) is 11.8 Å². The summed E-state index contributed by atoms with van der Waals surface area (Å²) in [4.78, 5) is 32.3. The van der Waals surface area contributed by atoms with Crippen LogP contribution >= 0.6 is 0 Å². The molecule has 0 spiro atoms. The van der Waals surface area contributed by atoms with Gasteiger partial charge in [-0.3, -0.25) is 14.6 Å². The first-order valence-corrected chi connectivity index (χ1v) is 7.65. The summed E-state index contributed by atoms with van der Waals surface area (Å²) >= 11 is 0. The minimum atomic E-state index is -0.196. The van der Waals surface area contributed by atoms with Crippen LogP contribution in [0.4, 0.5) is 5.69 Å². The highest BCUT2D eigenvalue weighted by molar-refractivity contribution is 6.07. The van der Waals surface area contributed by atoms with Crippen LogP contribution < -0.4 is 4.90 Å². The van der Waals surface area contributed by atoms with Crippen LogP contribution in [-0.2, 0) is 0 Å². The quantitative estimate of drug-likeness (QED) is 0.853. The number of hydrogen-bond acceptors (Lipinski definition) is 3. The lowest BCUT2D eigenvalue weighted by Crippen LogP contribution is -2.31. The van der Waals surface area contributed by atoms with E-state index >= 15 is 0 Å². The zero-order valence-corrected chi connectivity index (χ0v) is 13.7. The van der Waals surface area contributed by atoms with Crippen molar-refractivity contribution in [2.45, 2.75) is 13.8 Å². The van der Waals surface area contributed by atoms with Crippen molar-refractivity contribution in [2.24, 2.45) is 0 Å². The monoisotopic (exact) mass is 311 g/mol. The Morgan fingerprint density at radius 1 is 0.957 bits per heavy atom. The third-order valence-corrected chi connectivity index (χ3v) is 3.73. The van der Waals surface area contributed by atoms with Crippen molar-refractivity contribution in [3.8, 4) is 0 Å². The Bertz CT molecular complexity index is 682. The van der Waals surface area contributed by atoms with Crippen molar-refractivity contribution in [2.75, 3.05) is 25.0 Å². The molecule has 1 heterocycles. The first-order chi connectivity index (χ1) is 11.1. The van der Waals surface area contributed by atoms with E-state index in [0.29, 0.717) is 24.2 Å². The van der Waals surface area contributed by atoms with Crippen LogP contribution in [0.2, 0.25) is 0 Å². The molecule has 0 aliphatic carbocycles. The number of anilines is 1. The summed E-state index contributed by atoms with van der Waals surface area (Å²) < 4.78 is 0. The molecule has 0 aliphatic heterocycles. The Morgan fingerprint density at radius 2 is 1.52 bits per heavy atom. The van der Waals surface area contributed by atoms with Crippen molar-refractivity contribution >= 4 is 17.5 Å². The van der Waals surface area contributed by atoms with E-state index in [4.69, 9.17) is 0 Å². The average Bonchev–Trinajstić information content (AvgIpc) is 2.62. The highest BCUT2D eigenvalue weighted by Gasteiger charge is 2.18. The summed E-state index contributed by atoms with van der Waals surface area (Å²) in [5.74, 6) is -0.308. The Labute approximate surface area is 136 Å². The summed E-state index contributed by atoms with van der Waals surface area (Å²) in [6.45, 7) is 5.09. The zero-order valence-electron chi connectivity index (χ0n) is 13.7. The maximum atomic E-state index is 12.6. The molecule has 0 unspecified atom stereocenters. The molecule has 5 nitrogen and oxygen atoms in total. The number of rotatable bonds is 5. The number of hydrogen-bond donors (Lipinski definition) is 0. The normalized spacial score (nSPS) is 10.2. The number of amides is 2. The number of carbonyl (C=O) groups excluding carboxylic acids is 2. The summed E-state index contributed by atoms with van der Waals surface area (Å²) in [6.07, 6.45) is 2.99. The lowest BCUT2D eigenvalue weighted by atomic mass is 10.1. The number of nitrogens with zero attached hydrogens (tertiary/aromatic N) is 3. The zero-order chi connectivity index (χ0) is 16.8. The van der Waals surface area contributed by atoms with Crippen molar-refractivity contribution in [3.05, 3.63) is 59.9 Å². The lowest BCUT2D eigenvalue weighted by molar-refractivity contribution is 0.0772. The molecule has 0 fully saturated rings. The molecule has 5 heteroatoms. The minimum absolute atomic E-state index is 0.112. The van der Waals surface area contributed by atoms with Gasteiger partial charge in [0.2, 0.25) is 0 Å². The van der Waals surface area contributed by atoms with Gasteiger partial charge in [0.15, 0.2) is 0 Å². The molecular formula is C18H21N3O2. The van der Waals surface area contributed by atoms with Crippen molar-refractivity contribution in [3.63, 3.8) is 0 Å². The van der Waals surface area contributed by atoms with Gasteiger partial charge in [0.1, 0.15) is 0 Å². The Kier molecular flexibility index (Phi) is 5.46. The SMILES string of the molecule is CCN(CC)C(=O)c1cncc(C(=O)N(C)c2ccccc2)c1. The average molecular weight is 311 g/mol. The van der Waals surface area contributed by atoms with Crippen molar-refractivity contribution in [1.82, 2.24) is 9.88 Å². The maximum Gasteiger partial charge on any atom is 0.259 e. The molecule has 0 radical (unpaired) electrons. The van der Waals surface area contributed by atoms with Gasteiger partial charge in [0, 0.05) is 38.2 Å². The fourth-order valence-electron chi connectivity index (χ4n) is 2.33. The fourth-order valence-corrected chi connectivity index (χ4v) is 2.33. The first kappa shape index (κ1) is 16.7. The number of carbonyl (C=O) groups is 2. The van der Waals surface area contributed by atoms with Gasteiger partial charge < -0.3 is 9.80 Å². The van der Waals surface area contributed by atoms with E-state index in [2.05, 4.69) is 4.98 Å². The summed E-state index contributed by atoms with van der Waals surface area (Å²) in [5, 5.41) is 0. The molecule has 2 aromatic rings. The molecule has 1 aromatic heterocycles. The Hall–Kier alpha value is -2.69. The Morgan fingerprint density at radius 3 is 2.09 bits per heavy atom. The topological polar surface area (TPSA) is 53.5 Å². The number of para-hydroxylation sites is 1. The number of benzene rings is 1. The lowest BCUT2D eigenvalue weighted by Gasteiger charge is -2.20. The second-order valence-electron chi connectivity index (χ2n) is 5.14. The van der Waals surface area contributed by atoms with Crippen LogP contribution in [0.25, 0.3) is 0 Å². The molecule has 0 N–H and O–H groups in total. The van der Waals surface area contributed by atoms with Crippen LogP contribution in [0.1, 0.15) is 34.6 Å². The van der Waals surface area contributed by atoms with E-state index in [0.717, 1.165) is 5.69 Å². The van der Waals surface area contributed by atoms with E-state index in [1.54, 1.807) is 22.9 Å². The molecule has 0 aliphatic rings. The summed E-state index contributed by atoms with van der Waals surface area (Å²) in [7, 11) is 1.70. The molecule has 0 atom stereocenters. The predicted octanol–water partition coefficient (Wildman–Crippen LogP) is 2.84. The molecule has 0 saturated heterocycles. The highest BCUT2D eigenvalue weighted by Crippen LogP contribution is 2.15. The highest BCUT2D eigenvalue weighted by atomic mass is 16.2. The molecule has 2 amide bonds. The van der Waals surface area contributed by atoms with Gasteiger partial charge in [0.25, 0.3) is 11.8 Å². The van der Waals surface area contributed by atoms with Gasteiger partial charge >= 0.3 is 0 Å². The van der Waals surface area contributed by atoms with Crippen LogP contribution in [0.15, 0.2) is 48.8 Å². The predicted molar refractivity (Wildman–Crippen MR) is 90.7 cm³/mol.